The Labute approximate surface area is 109 Å². The molecule has 0 aromatic carbocycles. The van der Waals surface area contributed by atoms with Crippen LogP contribution in [0.1, 0.15) is 44.2 Å². The van der Waals surface area contributed by atoms with Crippen molar-refractivity contribution in [3.05, 3.63) is 17.7 Å². The van der Waals surface area contributed by atoms with Gasteiger partial charge < -0.3 is 4.57 Å². The van der Waals surface area contributed by atoms with Gasteiger partial charge in [-0.3, -0.25) is 0 Å². The molecule has 0 atom stereocenters. The largest absolute Gasteiger partial charge is 0.329 e. The van der Waals surface area contributed by atoms with Gasteiger partial charge in [-0.05, 0) is 33.6 Å². The van der Waals surface area contributed by atoms with E-state index in [1.54, 1.807) is 13.8 Å². The van der Waals surface area contributed by atoms with E-state index in [-0.39, 0.29) is 5.25 Å². The quantitative estimate of drug-likeness (QED) is 0.850. The van der Waals surface area contributed by atoms with Gasteiger partial charge >= 0.3 is 0 Å². The van der Waals surface area contributed by atoms with Crippen molar-refractivity contribution in [3.63, 3.8) is 0 Å². The maximum absolute atomic E-state index is 11.6. The summed E-state index contributed by atoms with van der Waals surface area (Å²) in [6.45, 7) is 5.83. The number of hydrogen-bond donors (Lipinski definition) is 1. The monoisotopic (exact) mass is 271 g/mol. The van der Waals surface area contributed by atoms with Crippen molar-refractivity contribution in [2.75, 3.05) is 6.54 Å². The molecule has 0 radical (unpaired) electrons. The molecule has 0 aliphatic heterocycles. The van der Waals surface area contributed by atoms with Gasteiger partial charge in [0.1, 0.15) is 5.82 Å². The molecular formula is C12H21N3O2S. The van der Waals surface area contributed by atoms with Crippen molar-refractivity contribution in [3.8, 4) is 0 Å². The molecule has 1 N–H and O–H groups in total. The van der Waals surface area contributed by atoms with Crippen LogP contribution in [-0.4, -0.2) is 29.8 Å². The first-order chi connectivity index (χ1) is 8.42. The van der Waals surface area contributed by atoms with Crippen molar-refractivity contribution >= 4 is 10.0 Å². The highest BCUT2D eigenvalue weighted by Gasteiger charge is 2.27. The van der Waals surface area contributed by atoms with Gasteiger partial charge in [0.15, 0.2) is 0 Å². The predicted molar refractivity (Wildman–Crippen MR) is 71.0 cm³/mol. The third kappa shape index (κ3) is 2.92. The zero-order chi connectivity index (χ0) is 13.3. The lowest BCUT2D eigenvalue weighted by Crippen LogP contribution is -2.32. The summed E-state index contributed by atoms with van der Waals surface area (Å²) < 4.78 is 28.1. The summed E-state index contributed by atoms with van der Waals surface area (Å²) in [5, 5.41) is -0.387. The Bertz CT molecular complexity index is 515. The van der Waals surface area contributed by atoms with Crippen molar-refractivity contribution in [1.29, 1.82) is 0 Å². The predicted octanol–water partition coefficient (Wildman–Crippen LogP) is 1.40. The molecule has 18 heavy (non-hydrogen) atoms. The number of hydrogen-bond acceptors (Lipinski definition) is 3. The van der Waals surface area contributed by atoms with Crippen molar-refractivity contribution in [1.82, 2.24) is 14.3 Å². The summed E-state index contributed by atoms with van der Waals surface area (Å²) in [5.41, 5.74) is 1.17. The summed E-state index contributed by atoms with van der Waals surface area (Å²) in [4.78, 5) is 4.37. The molecule has 1 aromatic heterocycles. The molecule has 0 saturated heterocycles. The van der Waals surface area contributed by atoms with Crippen LogP contribution in [0.5, 0.6) is 0 Å². The maximum Gasteiger partial charge on any atom is 0.213 e. The zero-order valence-corrected chi connectivity index (χ0v) is 12.0. The zero-order valence-electron chi connectivity index (χ0n) is 11.2. The Morgan fingerprint density at radius 1 is 1.50 bits per heavy atom. The smallest absolute Gasteiger partial charge is 0.213 e. The molecule has 1 aromatic rings. The standard InChI is InChI=1S/C12H21N3O2S/c1-9(2)18(16,17)14-7-6-12-13-8-10(3)15(12)11-4-5-11/h8-9,11,14H,4-7H2,1-3H3. The molecule has 1 fully saturated rings. The molecule has 0 amide bonds. The number of aryl methyl sites for hydroxylation is 1. The SMILES string of the molecule is Cc1cnc(CCNS(=O)(=O)C(C)C)n1C1CC1. The first-order valence-corrected chi connectivity index (χ1v) is 7.97. The summed E-state index contributed by atoms with van der Waals surface area (Å²) in [6.07, 6.45) is 4.94. The summed E-state index contributed by atoms with van der Waals surface area (Å²) in [5.74, 6) is 0.987. The van der Waals surface area contributed by atoms with E-state index in [2.05, 4.69) is 14.3 Å². The van der Waals surface area contributed by atoms with Crippen LogP contribution in [0.25, 0.3) is 0 Å². The van der Waals surface area contributed by atoms with E-state index in [0.717, 1.165) is 5.82 Å². The second-order valence-electron chi connectivity index (χ2n) is 5.16. The Balaban J connectivity index is 1.95. The number of nitrogens with one attached hydrogen (secondary N) is 1. The second kappa shape index (κ2) is 5.01. The number of rotatable bonds is 6. The van der Waals surface area contributed by atoms with Crippen LogP contribution < -0.4 is 4.72 Å². The molecule has 0 unspecified atom stereocenters. The minimum atomic E-state index is -3.17. The third-order valence-corrected chi connectivity index (χ3v) is 5.09. The van der Waals surface area contributed by atoms with Gasteiger partial charge in [0.2, 0.25) is 10.0 Å². The maximum atomic E-state index is 11.6. The highest BCUT2D eigenvalue weighted by Crippen LogP contribution is 2.36. The minimum absolute atomic E-state index is 0.387. The Morgan fingerprint density at radius 3 is 2.72 bits per heavy atom. The molecule has 6 heteroatoms. The molecule has 5 nitrogen and oxygen atoms in total. The molecule has 1 aliphatic rings. The molecule has 0 spiro atoms. The van der Waals surface area contributed by atoms with Gasteiger partial charge in [-0.15, -0.1) is 0 Å². The fourth-order valence-corrected chi connectivity index (χ4v) is 2.70. The number of nitrogens with zero attached hydrogens (tertiary/aromatic N) is 2. The van der Waals surface area contributed by atoms with Gasteiger partial charge in [-0.25, -0.2) is 18.1 Å². The van der Waals surface area contributed by atoms with Crippen LogP contribution in [0.2, 0.25) is 0 Å². The molecule has 2 rings (SSSR count). The van der Waals surface area contributed by atoms with E-state index in [9.17, 15) is 8.42 Å². The van der Waals surface area contributed by atoms with E-state index in [4.69, 9.17) is 0 Å². The molecule has 1 heterocycles. The third-order valence-electron chi connectivity index (χ3n) is 3.24. The Kier molecular flexibility index (Phi) is 3.77. The summed E-state index contributed by atoms with van der Waals surface area (Å²) >= 11 is 0. The van der Waals surface area contributed by atoms with Gasteiger partial charge in [-0.2, -0.15) is 0 Å². The lowest BCUT2D eigenvalue weighted by atomic mass is 10.4. The van der Waals surface area contributed by atoms with Crippen LogP contribution in [0.3, 0.4) is 0 Å². The van der Waals surface area contributed by atoms with Crippen LogP contribution in [-0.2, 0) is 16.4 Å². The van der Waals surface area contributed by atoms with Gasteiger partial charge in [0.05, 0.1) is 5.25 Å². The van der Waals surface area contributed by atoms with E-state index in [1.807, 2.05) is 13.1 Å². The second-order valence-corrected chi connectivity index (χ2v) is 7.48. The van der Waals surface area contributed by atoms with Crippen LogP contribution in [0.4, 0.5) is 0 Å². The van der Waals surface area contributed by atoms with Crippen LogP contribution in [0, 0.1) is 6.92 Å². The van der Waals surface area contributed by atoms with Crippen molar-refractivity contribution < 1.29 is 8.42 Å². The summed E-state index contributed by atoms with van der Waals surface area (Å²) in [7, 11) is -3.17. The van der Waals surface area contributed by atoms with Crippen molar-refractivity contribution in [2.24, 2.45) is 0 Å². The van der Waals surface area contributed by atoms with Gasteiger partial charge in [0, 0.05) is 30.9 Å². The fraction of sp³-hybridized carbons (Fsp3) is 0.750. The van der Waals surface area contributed by atoms with Crippen molar-refractivity contribution in [2.45, 2.75) is 51.3 Å². The average Bonchev–Trinajstić information content (AvgIpc) is 3.04. The van der Waals surface area contributed by atoms with E-state index in [1.165, 1.54) is 18.5 Å². The molecule has 0 bridgehead atoms. The highest BCUT2D eigenvalue weighted by molar-refractivity contribution is 7.90. The molecule has 1 saturated carbocycles. The lowest BCUT2D eigenvalue weighted by molar-refractivity contribution is 0.569. The summed E-state index contributed by atoms with van der Waals surface area (Å²) in [6, 6.07) is 0.587. The number of aromatic nitrogens is 2. The molecule has 102 valence electrons. The normalized spacial score (nSPS) is 16.4. The Hall–Kier alpha value is -0.880. The molecule has 1 aliphatic carbocycles. The lowest BCUT2D eigenvalue weighted by Gasteiger charge is -2.11. The van der Waals surface area contributed by atoms with Crippen LogP contribution in [0.15, 0.2) is 6.20 Å². The number of sulfonamides is 1. The fourth-order valence-electron chi connectivity index (χ4n) is 1.98. The number of imidazole rings is 1. The van der Waals surface area contributed by atoms with Gasteiger partial charge in [0.25, 0.3) is 0 Å². The first kappa shape index (κ1) is 13.5. The Morgan fingerprint density at radius 2 is 2.17 bits per heavy atom. The highest BCUT2D eigenvalue weighted by atomic mass is 32.2. The topological polar surface area (TPSA) is 64.0 Å². The minimum Gasteiger partial charge on any atom is -0.329 e. The van der Waals surface area contributed by atoms with Gasteiger partial charge in [-0.1, -0.05) is 0 Å². The molecular weight excluding hydrogens is 250 g/mol. The van der Waals surface area contributed by atoms with E-state index < -0.39 is 10.0 Å². The van der Waals surface area contributed by atoms with E-state index >= 15 is 0 Å². The first-order valence-electron chi connectivity index (χ1n) is 6.43. The van der Waals surface area contributed by atoms with E-state index in [0.29, 0.717) is 19.0 Å². The average molecular weight is 271 g/mol. The van der Waals surface area contributed by atoms with Crippen LogP contribution >= 0.6 is 0 Å².